The first-order chi connectivity index (χ1) is 7.15. The molecule has 0 saturated heterocycles. The van der Waals surface area contributed by atoms with Crippen LogP contribution in [0.15, 0.2) is 12.1 Å². The number of rotatable bonds is 3. The van der Waals surface area contributed by atoms with E-state index in [1.54, 1.807) is 21.1 Å². The zero-order chi connectivity index (χ0) is 11.4. The molecule has 4 nitrogen and oxygen atoms in total. The van der Waals surface area contributed by atoms with Crippen LogP contribution in [-0.2, 0) is 4.79 Å². The van der Waals surface area contributed by atoms with Crippen molar-refractivity contribution in [3.8, 4) is 11.5 Å². The maximum absolute atomic E-state index is 9.37. The topological polar surface area (TPSA) is 55.8 Å². The maximum Gasteiger partial charge on any atom is 0.303 e. The molecule has 0 fully saturated rings. The van der Waals surface area contributed by atoms with Gasteiger partial charge in [0.1, 0.15) is 0 Å². The smallest absolute Gasteiger partial charge is 0.303 e. The Morgan fingerprint density at radius 1 is 1.20 bits per heavy atom. The third-order valence-electron chi connectivity index (χ3n) is 2.11. The van der Waals surface area contributed by atoms with E-state index >= 15 is 0 Å². The highest BCUT2D eigenvalue weighted by atomic mass is 16.5. The molecule has 2 aliphatic rings. The lowest BCUT2D eigenvalue weighted by atomic mass is 10.0. The summed E-state index contributed by atoms with van der Waals surface area (Å²) in [5.74, 6) is 1.03. The second kappa shape index (κ2) is 4.68. The van der Waals surface area contributed by atoms with Gasteiger partial charge >= 0.3 is 5.97 Å². The second-order valence-electron chi connectivity index (χ2n) is 2.97. The summed E-state index contributed by atoms with van der Waals surface area (Å²) in [4.78, 5) is 9.37. The van der Waals surface area contributed by atoms with Gasteiger partial charge in [-0.25, -0.2) is 0 Å². The first-order valence-corrected chi connectivity index (χ1v) is 4.62. The fourth-order valence-electron chi connectivity index (χ4n) is 1.23. The predicted molar refractivity (Wildman–Crippen MR) is 55.1 cm³/mol. The van der Waals surface area contributed by atoms with Gasteiger partial charge in [0.05, 0.1) is 14.2 Å². The minimum atomic E-state index is -0.745. The Hall–Kier alpha value is -1.71. The van der Waals surface area contributed by atoms with E-state index in [2.05, 4.69) is 0 Å². The lowest BCUT2D eigenvalue weighted by Gasteiger charge is -2.16. The van der Waals surface area contributed by atoms with Gasteiger partial charge in [0, 0.05) is 16.9 Å². The van der Waals surface area contributed by atoms with Crippen molar-refractivity contribution in [3.63, 3.8) is 0 Å². The molecule has 2 rings (SSSR count). The van der Waals surface area contributed by atoms with Crippen LogP contribution in [0.3, 0.4) is 0 Å². The Bertz CT molecular complexity index is 415. The molecule has 1 N–H and O–H groups in total. The molecule has 0 aromatic rings. The molecule has 2 aliphatic carbocycles. The maximum atomic E-state index is 9.37. The fraction of sp³-hybridized carbons (Fsp3) is 0.364. The molecule has 0 spiro atoms. The Morgan fingerprint density at radius 2 is 1.53 bits per heavy atom. The van der Waals surface area contributed by atoms with Crippen molar-refractivity contribution in [2.75, 3.05) is 14.2 Å². The SMILES string of the molecule is CCC(=O)O.COc1c(OC)c2ccc1=2. The summed E-state index contributed by atoms with van der Waals surface area (Å²) in [6.07, 6.45) is 0.222. The number of ether oxygens (including phenoxy) is 2. The highest BCUT2D eigenvalue weighted by Crippen LogP contribution is 2.38. The van der Waals surface area contributed by atoms with Crippen LogP contribution in [0.4, 0.5) is 0 Å². The Morgan fingerprint density at radius 3 is 1.67 bits per heavy atom. The number of carboxylic acids is 1. The molecule has 0 aromatic heterocycles. The molecule has 15 heavy (non-hydrogen) atoms. The van der Waals surface area contributed by atoms with Gasteiger partial charge in [0.15, 0.2) is 11.5 Å². The van der Waals surface area contributed by atoms with E-state index in [4.69, 9.17) is 14.6 Å². The monoisotopic (exact) mass is 210 g/mol. The van der Waals surface area contributed by atoms with E-state index in [1.807, 2.05) is 12.1 Å². The molecule has 0 unspecified atom stereocenters. The van der Waals surface area contributed by atoms with Gasteiger partial charge in [-0.3, -0.25) is 4.79 Å². The Balaban J connectivity index is 0.000000195. The first-order valence-electron chi connectivity index (χ1n) is 4.62. The Kier molecular flexibility index (Phi) is 3.55. The standard InChI is InChI=1S/C8H8O2.C3H6O2/c1-9-7-5-3-4-6(5)8(7)10-2;1-2-3(4)5/h3-4H,1-2H3;2H2,1H3,(H,4,5). The minimum Gasteiger partial charge on any atom is -0.492 e. The highest BCUT2D eigenvalue weighted by molar-refractivity contribution is 5.66. The Labute approximate surface area is 87.7 Å². The van der Waals surface area contributed by atoms with Gasteiger partial charge in [-0.2, -0.15) is 0 Å². The number of hydrogen-bond acceptors (Lipinski definition) is 3. The molecule has 0 saturated carbocycles. The van der Waals surface area contributed by atoms with Gasteiger partial charge in [-0.15, -0.1) is 0 Å². The molecular weight excluding hydrogens is 196 g/mol. The average Bonchev–Trinajstić information content (AvgIpc) is 2.21. The second-order valence-corrected chi connectivity index (χ2v) is 2.97. The van der Waals surface area contributed by atoms with E-state index in [1.165, 1.54) is 10.4 Å². The van der Waals surface area contributed by atoms with Gasteiger partial charge in [0.25, 0.3) is 0 Å². The molecular formula is C11H14O4. The van der Waals surface area contributed by atoms with Crippen LogP contribution in [0.2, 0.25) is 0 Å². The van der Waals surface area contributed by atoms with Crippen LogP contribution >= 0.6 is 0 Å². The van der Waals surface area contributed by atoms with Crippen molar-refractivity contribution in [2.24, 2.45) is 0 Å². The van der Waals surface area contributed by atoms with Crippen LogP contribution in [-0.4, -0.2) is 25.3 Å². The summed E-state index contributed by atoms with van der Waals surface area (Å²) in [6.45, 7) is 1.60. The normalized spacial score (nSPS) is 9.80. The third-order valence-corrected chi connectivity index (χ3v) is 2.11. The van der Waals surface area contributed by atoms with Crippen LogP contribution in [0.1, 0.15) is 13.3 Å². The van der Waals surface area contributed by atoms with Crippen molar-refractivity contribution in [1.29, 1.82) is 0 Å². The third kappa shape index (κ3) is 2.03. The predicted octanol–water partition coefficient (Wildman–Crippen LogP) is 1.79. The summed E-state index contributed by atoms with van der Waals surface area (Å²) in [7, 11) is 3.31. The van der Waals surface area contributed by atoms with E-state index in [-0.39, 0.29) is 6.42 Å². The molecule has 0 aliphatic heterocycles. The molecule has 4 heteroatoms. The van der Waals surface area contributed by atoms with Crippen molar-refractivity contribution in [3.05, 3.63) is 22.6 Å². The van der Waals surface area contributed by atoms with Crippen molar-refractivity contribution < 1.29 is 19.4 Å². The number of carboxylic acid groups (broad SMARTS) is 1. The van der Waals surface area contributed by atoms with Crippen LogP contribution in [0.25, 0.3) is 0 Å². The van der Waals surface area contributed by atoms with Gasteiger partial charge in [-0.05, 0) is 12.1 Å². The van der Waals surface area contributed by atoms with E-state index in [0.717, 1.165) is 11.5 Å². The number of carbonyl (C=O) groups is 1. The largest absolute Gasteiger partial charge is 0.492 e. The first kappa shape index (κ1) is 11.4. The van der Waals surface area contributed by atoms with Gasteiger partial charge in [0.2, 0.25) is 0 Å². The molecule has 0 bridgehead atoms. The number of methoxy groups -OCH3 is 2. The van der Waals surface area contributed by atoms with Crippen molar-refractivity contribution >= 4 is 5.97 Å². The molecule has 0 radical (unpaired) electrons. The zero-order valence-corrected chi connectivity index (χ0v) is 9.03. The molecule has 0 heterocycles. The lowest BCUT2D eigenvalue weighted by molar-refractivity contribution is -0.136. The summed E-state index contributed by atoms with van der Waals surface area (Å²) >= 11 is 0. The summed E-state index contributed by atoms with van der Waals surface area (Å²) in [5, 5.41) is 10.1. The molecule has 82 valence electrons. The fourth-order valence-corrected chi connectivity index (χ4v) is 1.23. The number of benzene rings is 1. The van der Waals surface area contributed by atoms with Crippen molar-refractivity contribution in [2.45, 2.75) is 13.3 Å². The van der Waals surface area contributed by atoms with Crippen LogP contribution in [0.5, 0.6) is 11.5 Å². The summed E-state index contributed by atoms with van der Waals surface area (Å²) in [5.41, 5.74) is 0. The molecule has 0 amide bonds. The number of hydrogen-bond donors (Lipinski definition) is 1. The van der Waals surface area contributed by atoms with Crippen molar-refractivity contribution in [1.82, 2.24) is 0 Å². The zero-order valence-electron chi connectivity index (χ0n) is 9.03. The number of aliphatic carboxylic acids is 1. The van der Waals surface area contributed by atoms with Gasteiger partial charge < -0.3 is 14.6 Å². The van der Waals surface area contributed by atoms with E-state index in [9.17, 15) is 4.79 Å². The van der Waals surface area contributed by atoms with Crippen LogP contribution < -0.4 is 9.47 Å². The quantitative estimate of drug-likeness (QED) is 0.839. The molecule has 0 aromatic carbocycles. The van der Waals surface area contributed by atoms with E-state index < -0.39 is 5.97 Å². The lowest BCUT2D eigenvalue weighted by Crippen LogP contribution is -2.00. The minimum absolute atomic E-state index is 0.222. The average molecular weight is 210 g/mol. The summed E-state index contributed by atoms with van der Waals surface area (Å²) < 4.78 is 10.1. The highest BCUT2D eigenvalue weighted by Gasteiger charge is 2.16. The molecule has 0 atom stereocenters. The summed E-state index contributed by atoms with van der Waals surface area (Å²) in [6, 6.07) is 4.05. The van der Waals surface area contributed by atoms with Gasteiger partial charge in [-0.1, -0.05) is 6.92 Å². The van der Waals surface area contributed by atoms with Crippen LogP contribution in [0, 0.1) is 10.4 Å². The van der Waals surface area contributed by atoms with E-state index in [0.29, 0.717) is 0 Å².